The Balaban J connectivity index is 2.01. The molecule has 0 unspecified atom stereocenters. The fourth-order valence-corrected chi connectivity index (χ4v) is 3.41. The summed E-state index contributed by atoms with van der Waals surface area (Å²) in [5, 5.41) is 0. The molecule has 15 heavy (non-hydrogen) atoms. The van der Waals surface area contributed by atoms with Crippen molar-refractivity contribution in [3.8, 4) is 0 Å². The molecule has 2 rings (SSSR count). The van der Waals surface area contributed by atoms with Crippen molar-refractivity contribution in [2.45, 2.75) is 46.0 Å². The first kappa shape index (κ1) is 11.4. The fraction of sp³-hybridized carbons (Fsp3) is 1.00. The van der Waals surface area contributed by atoms with Crippen LogP contribution in [0.15, 0.2) is 0 Å². The maximum Gasteiger partial charge on any atom is 0.0547 e. The van der Waals surface area contributed by atoms with Crippen LogP contribution < -0.4 is 5.73 Å². The summed E-state index contributed by atoms with van der Waals surface area (Å²) < 4.78 is 5.50. The molecule has 2 aliphatic rings. The predicted molar refractivity (Wildman–Crippen MR) is 62.7 cm³/mol. The van der Waals surface area contributed by atoms with Crippen molar-refractivity contribution >= 4 is 0 Å². The van der Waals surface area contributed by atoms with Crippen LogP contribution in [0.3, 0.4) is 0 Å². The summed E-state index contributed by atoms with van der Waals surface area (Å²) in [5.41, 5.74) is 6.62. The Morgan fingerprint density at radius 1 is 1.27 bits per heavy atom. The second-order valence-corrected chi connectivity index (χ2v) is 6.38. The first-order valence-electron chi connectivity index (χ1n) is 6.36. The maximum absolute atomic E-state index is 5.85. The third kappa shape index (κ3) is 2.21. The fourth-order valence-electron chi connectivity index (χ4n) is 3.41. The van der Waals surface area contributed by atoms with Gasteiger partial charge in [0, 0.05) is 5.41 Å². The van der Waals surface area contributed by atoms with E-state index in [0.717, 1.165) is 25.7 Å². The number of rotatable bonds is 4. The van der Waals surface area contributed by atoms with E-state index >= 15 is 0 Å². The van der Waals surface area contributed by atoms with E-state index in [0.29, 0.717) is 5.41 Å². The molecule has 2 N–H and O–H groups in total. The summed E-state index contributed by atoms with van der Waals surface area (Å²) in [6.07, 6.45) is 6.94. The largest absolute Gasteiger partial charge is 0.380 e. The normalized spacial score (nSPS) is 26.6. The summed E-state index contributed by atoms with van der Waals surface area (Å²) in [6, 6.07) is 0. The van der Waals surface area contributed by atoms with Gasteiger partial charge in [0.1, 0.15) is 0 Å². The van der Waals surface area contributed by atoms with Crippen molar-refractivity contribution < 1.29 is 4.74 Å². The smallest absolute Gasteiger partial charge is 0.0547 e. The van der Waals surface area contributed by atoms with Gasteiger partial charge in [0.2, 0.25) is 0 Å². The summed E-state index contributed by atoms with van der Waals surface area (Å²) >= 11 is 0. The molecular weight excluding hydrogens is 186 g/mol. The van der Waals surface area contributed by atoms with Gasteiger partial charge in [-0.1, -0.05) is 26.7 Å². The van der Waals surface area contributed by atoms with Crippen LogP contribution in [0.5, 0.6) is 0 Å². The third-order valence-corrected chi connectivity index (χ3v) is 4.38. The van der Waals surface area contributed by atoms with Crippen molar-refractivity contribution in [3.05, 3.63) is 0 Å². The number of ether oxygens (including phenoxy) is 1. The highest BCUT2D eigenvalue weighted by Crippen LogP contribution is 2.50. The summed E-state index contributed by atoms with van der Waals surface area (Å²) in [6.45, 7) is 7.35. The van der Waals surface area contributed by atoms with Crippen LogP contribution in [-0.2, 0) is 4.74 Å². The van der Waals surface area contributed by atoms with E-state index in [1.807, 2.05) is 0 Å². The first-order valence-corrected chi connectivity index (χ1v) is 6.36. The van der Waals surface area contributed by atoms with E-state index in [9.17, 15) is 0 Å². The zero-order valence-corrected chi connectivity index (χ0v) is 10.2. The first-order chi connectivity index (χ1) is 7.08. The van der Waals surface area contributed by atoms with Crippen molar-refractivity contribution in [1.29, 1.82) is 0 Å². The molecule has 1 heterocycles. The summed E-state index contributed by atoms with van der Waals surface area (Å²) in [7, 11) is 0. The van der Waals surface area contributed by atoms with E-state index in [4.69, 9.17) is 10.5 Å². The molecule has 0 aromatic heterocycles. The highest BCUT2D eigenvalue weighted by molar-refractivity contribution is 4.97. The van der Waals surface area contributed by atoms with Crippen molar-refractivity contribution in [1.82, 2.24) is 0 Å². The minimum atomic E-state index is 0.284. The van der Waals surface area contributed by atoms with Crippen molar-refractivity contribution in [2.24, 2.45) is 22.5 Å². The van der Waals surface area contributed by atoms with Gasteiger partial charge in [-0.05, 0) is 37.1 Å². The molecule has 0 atom stereocenters. The Morgan fingerprint density at radius 2 is 1.87 bits per heavy atom. The van der Waals surface area contributed by atoms with Gasteiger partial charge in [0.25, 0.3) is 0 Å². The minimum Gasteiger partial charge on any atom is -0.380 e. The molecule has 0 amide bonds. The van der Waals surface area contributed by atoms with Gasteiger partial charge in [-0.25, -0.2) is 0 Å². The van der Waals surface area contributed by atoms with E-state index in [-0.39, 0.29) is 5.41 Å². The van der Waals surface area contributed by atoms with Gasteiger partial charge < -0.3 is 10.5 Å². The molecule has 88 valence electrons. The van der Waals surface area contributed by atoms with E-state index in [1.165, 1.54) is 32.1 Å². The lowest BCUT2D eigenvalue weighted by atomic mass is 9.64. The van der Waals surface area contributed by atoms with Gasteiger partial charge in [-0.2, -0.15) is 0 Å². The average Bonchev–Trinajstić information content (AvgIpc) is 2.64. The second kappa shape index (κ2) is 4.06. The lowest BCUT2D eigenvalue weighted by molar-refractivity contribution is -0.162. The standard InChI is InChI=1S/C13H25NO/c1-12(2,8-14)7-13(9-15-10-13)11-5-3-4-6-11/h11H,3-10,14H2,1-2H3. The van der Waals surface area contributed by atoms with Gasteiger partial charge in [-0.3, -0.25) is 0 Å². The molecule has 2 heteroatoms. The average molecular weight is 211 g/mol. The Labute approximate surface area is 93.6 Å². The molecular formula is C13H25NO. The molecule has 1 saturated heterocycles. The van der Waals surface area contributed by atoms with E-state index in [1.54, 1.807) is 0 Å². The summed E-state index contributed by atoms with van der Waals surface area (Å²) in [4.78, 5) is 0. The van der Waals surface area contributed by atoms with Gasteiger partial charge in [0.05, 0.1) is 13.2 Å². The Morgan fingerprint density at radius 3 is 2.27 bits per heavy atom. The minimum absolute atomic E-state index is 0.284. The molecule has 1 saturated carbocycles. The highest BCUT2D eigenvalue weighted by atomic mass is 16.5. The van der Waals surface area contributed by atoms with Crippen LogP contribution in [0.1, 0.15) is 46.0 Å². The SMILES string of the molecule is CC(C)(CN)CC1(C2CCCC2)COC1. The number of hydrogen-bond donors (Lipinski definition) is 1. The zero-order chi connectivity index (χ0) is 10.9. The molecule has 1 aliphatic heterocycles. The lowest BCUT2D eigenvalue weighted by Gasteiger charge is -2.50. The number of nitrogens with two attached hydrogens (primary N) is 1. The van der Waals surface area contributed by atoms with Crippen molar-refractivity contribution in [2.75, 3.05) is 19.8 Å². The maximum atomic E-state index is 5.85. The van der Waals surface area contributed by atoms with Crippen LogP contribution >= 0.6 is 0 Å². The Hall–Kier alpha value is -0.0800. The summed E-state index contributed by atoms with van der Waals surface area (Å²) in [5.74, 6) is 0.914. The predicted octanol–water partition coefficient (Wildman–Crippen LogP) is 2.57. The second-order valence-electron chi connectivity index (χ2n) is 6.38. The Bertz CT molecular complexity index is 215. The van der Waals surface area contributed by atoms with Crippen LogP contribution in [0.2, 0.25) is 0 Å². The Kier molecular flexibility index (Phi) is 3.09. The zero-order valence-electron chi connectivity index (χ0n) is 10.2. The van der Waals surface area contributed by atoms with Gasteiger partial charge >= 0.3 is 0 Å². The topological polar surface area (TPSA) is 35.2 Å². The third-order valence-electron chi connectivity index (χ3n) is 4.38. The molecule has 1 aliphatic carbocycles. The van der Waals surface area contributed by atoms with Gasteiger partial charge in [-0.15, -0.1) is 0 Å². The molecule has 2 nitrogen and oxygen atoms in total. The quantitative estimate of drug-likeness (QED) is 0.775. The molecule has 0 aromatic rings. The number of hydrogen-bond acceptors (Lipinski definition) is 2. The van der Waals surface area contributed by atoms with Gasteiger partial charge in [0.15, 0.2) is 0 Å². The van der Waals surface area contributed by atoms with E-state index < -0.39 is 0 Å². The lowest BCUT2D eigenvalue weighted by Crippen LogP contribution is -2.51. The van der Waals surface area contributed by atoms with Crippen LogP contribution in [0, 0.1) is 16.7 Å². The molecule has 0 radical (unpaired) electrons. The molecule has 0 bridgehead atoms. The van der Waals surface area contributed by atoms with Crippen LogP contribution in [-0.4, -0.2) is 19.8 Å². The monoisotopic (exact) mass is 211 g/mol. The van der Waals surface area contributed by atoms with Crippen LogP contribution in [0.4, 0.5) is 0 Å². The molecule has 2 fully saturated rings. The molecule has 0 aromatic carbocycles. The van der Waals surface area contributed by atoms with Crippen LogP contribution in [0.25, 0.3) is 0 Å². The van der Waals surface area contributed by atoms with Crippen molar-refractivity contribution in [3.63, 3.8) is 0 Å². The highest BCUT2D eigenvalue weighted by Gasteiger charge is 2.48. The molecule has 0 spiro atoms. The van der Waals surface area contributed by atoms with E-state index in [2.05, 4.69) is 13.8 Å².